The predicted molar refractivity (Wildman–Crippen MR) is 114 cm³/mol. The van der Waals surface area contributed by atoms with Crippen molar-refractivity contribution < 1.29 is 10.2 Å². The van der Waals surface area contributed by atoms with Crippen LogP contribution in [0, 0.1) is 11.8 Å². The van der Waals surface area contributed by atoms with E-state index in [1.54, 1.807) is 6.33 Å². The van der Waals surface area contributed by atoms with Crippen molar-refractivity contribution in [1.82, 2.24) is 19.5 Å². The molecular weight excluding hydrogens is 402 g/mol. The third-order valence-electron chi connectivity index (χ3n) is 6.51. The van der Waals surface area contributed by atoms with Gasteiger partial charge in [-0.25, -0.2) is 4.98 Å². The summed E-state index contributed by atoms with van der Waals surface area (Å²) in [6.07, 6.45) is 1.05. The minimum atomic E-state index is -0.827. The van der Waals surface area contributed by atoms with Crippen molar-refractivity contribution in [3.63, 3.8) is 0 Å². The van der Waals surface area contributed by atoms with Gasteiger partial charge in [0.05, 0.1) is 18.5 Å². The van der Waals surface area contributed by atoms with Crippen LogP contribution in [0.3, 0.4) is 0 Å². The van der Waals surface area contributed by atoms with Gasteiger partial charge in [0.1, 0.15) is 6.10 Å². The monoisotopic (exact) mass is 421 g/mol. The number of aliphatic hydroxyl groups is 2. The third kappa shape index (κ3) is 2.70. The molecule has 2 aliphatic rings. The van der Waals surface area contributed by atoms with E-state index in [2.05, 4.69) is 44.5 Å². The van der Waals surface area contributed by atoms with Crippen LogP contribution in [-0.4, -0.2) is 41.9 Å². The molecule has 4 aromatic rings. The maximum Gasteiger partial charge on any atom is 0.226 e. The van der Waals surface area contributed by atoms with Gasteiger partial charge in [-0.05, 0) is 46.2 Å². The molecule has 0 aliphatic heterocycles. The topological polar surface area (TPSA) is 96.1 Å². The average molecular weight is 422 g/mol. The Morgan fingerprint density at radius 3 is 2.70 bits per heavy atom. The second-order valence-electron chi connectivity index (χ2n) is 8.19. The highest BCUT2D eigenvalue weighted by Gasteiger charge is 2.60. The van der Waals surface area contributed by atoms with E-state index in [0.717, 1.165) is 12.0 Å². The van der Waals surface area contributed by atoms with Crippen LogP contribution in [0.5, 0.6) is 0 Å². The summed E-state index contributed by atoms with van der Waals surface area (Å²) >= 11 is 6.23. The van der Waals surface area contributed by atoms with Gasteiger partial charge in [0, 0.05) is 6.54 Å². The lowest BCUT2D eigenvalue weighted by Crippen LogP contribution is -2.31. The van der Waals surface area contributed by atoms with Gasteiger partial charge in [-0.3, -0.25) is 0 Å². The lowest BCUT2D eigenvalue weighted by atomic mass is 10.0. The second-order valence-corrected chi connectivity index (χ2v) is 8.53. The number of aliphatic hydroxyl groups excluding tert-OH is 2. The average Bonchev–Trinajstić information content (AvgIpc) is 3.37. The van der Waals surface area contributed by atoms with Gasteiger partial charge in [-0.2, -0.15) is 9.97 Å². The maximum absolute atomic E-state index is 10.5. The molecule has 8 heteroatoms. The molecule has 2 aromatic heterocycles. The molecule has 6 rings (SSSR count). The largest absolute Gasteiger partial charge is 0.390 e. The zero-order valence-corrected chi connectivity index (χ0v) is 16.7. The van der Waals surface area contributed by atoms with Crippen LogP contribution in [0.1, 0.15) is 18.0 Å². The van der Waals surface area contributed by atoms with E-state index >= 15 is 0 Å². The highest BCUT2D eigenvalue weighted by atomic mass is 35.5. The number of benzene rings is 2. The normalized spacial score (nSPS) is 27.5. The highest BCUT2D eigenvalue weighted by molar-refractivity contribution is 6.28. The number of anilines is 1. The number of halogens is 1. The zero-order chi connectivity index (χ0) is 20.4. The predicted octanol–water partition coefficient (Wildman–Crippen LogP) is 3.16. The van der Waals surface area contributed by atoms with E-state index in [4.69, 9.17) is 11.6 Å². The molecule has 0 spiro atoms. The molecule has 0 unspecified atom stereocenters. The summed E-state index contributed by atoms with van der Waals surface area (Å²) in [5.41, 5.74) is 2.32. The van der Waals surface area contributed by atoms with E-state index in [1.165, 1.54) is 10.8 Å². The smallest absolute Gasteiger partial charge is 0.226 e. The van der Waals surface area contributed by atoms with E-state index in [0.29, 0.717) is 23.5 Å². The Balaban J connectivity index is 1.36. The zero-order valence-electron chi connectivity index (χ0n) is 16.0. The summed E-state index contributed by atoms with van der Waals surface area (Å²) < 4.78 is 1.84. The number of nitrogens with one attached hydrogen (secondary N) is 1. The number of hydrogen-bond acceptors (Lipinski definition) is 6. The van der Waals surface area contributed by atoms with E-state index < -0.39 is 12.2 Å². The lowest BCUT2D eigenvalue weighted by Gasteiger charge is -2.22. The van der Waals surface area contributed by atoms with Gasteiger partial charge in [-0.1, -0.05) is 42.5 Å². The van der Waals surface area contributed by atoms with Crippen molar-refractivity contribution in [3.05, 3.63) is 59.6 Å². The number of imidazole rings is 1. The SMILES string of the molecule is O[C@@H]1[C@H](O)[C@@H]2C[C@@H]2[C@H]1n1cnc2c(NCc3cccc4ccccc34)nc(Cl)nc21. The van der Waals surface area contributed by atoms with E-state index in [9.17, 15) is 10.2 Å². The van der Waals surface area contributed by atoms with Crippen LogP contribution in [0.2, 0.25) is 5.28 Å². The quantitative estimate of drug-likeness (QED) is 0.438. The van der Waals surface area contributed by atoms with Gasteiger partial charge >= 0.3 is 0 Å². The summed E-state index contributed by atoms with van der Waals surface area (Å²) in [6, 6.07) is 14.2. The Labute approximate surface area is 177 Å². The van der Waals surface area contributed by atoms with Gasteiger partial charge in [0.2, 0.25) is 5.28 Å². The van der Waals surface area contributed by atoms with Crippen LogP contribution in [0.25, 0.3) is 21.9 Å². The summed E-state index contributed by atoms with van der Waals surface area (Å²) in [7, 11) is 0. The fourth-order valence-electron chi connectivity index (χ4n) is 4.96. The summed E-state index contributed by atoms with van der Waals surface area (Å²) in [5.74, 6) is 0.953. The number of nitrogens with zero attached hydrogens (tertiary/aromatic N) is 4. The molecule has 2 heterocycles. The number of aromatic nitrogens is 4. The summed E-state index contributed by atoms with van der Waals surface area (Å²) in [6.45, 7) is 0.562. The first kappa shape index (κ1) is 18.1. The van der Waals surface area contributed by atoms with Crippen LogP contribution < -0.4 is 5.32 Å². The molecule has 0 amide bonds. The molecule has 0 bridgehead atoms. The van der Waals surface area contributed by atoms with Crippen molar-refractivity contribution in [2.75, 3.05) is 5.32 Å². The molecule has 5 atom stereocenters. The van der Waals surface area contributed by atoms with Crippen molar-refractivity contribution in [2.45, 2.75) is 31.2 Å². The molecule has 0 radical (unpaired) electrons. The summed E-state index contributed by atoms with van der Waals surface area (Å²) in [4.78, 5) is 13.3. The van der Waals surface area contributed by atoms with Gasteiger partial charge in [-0.15, -0.1) is 0 Å². The molecule has 2 fully saturated rings. The molecular formula is C22H20ClN5O2. The van der Waals surface area contributed by atoms with Crippen molar-refractivity contribution in [1.29, 1.82) is 0 Å². The summed E-state index contributed by atoms with van der Waals surface area (Å²) in [5, 5.41) is 26.5. The number of hydrogen-bond donors (Lipinski definition) is 3. The number of rotatable bonds is 4. The fourth-order valence-corrected chi connectivity index (χ4v) is 5.12. The van der Waals surface area contributed by atoms with Gasteiger partial charge in [0.25, 0.3) is 0 Å². The molecule has 7 nitrogen and oxygen atoms in total. The van der Waals surface area contributed by atoms with Crippen molar-refractivity contribution >= 4 is 39.4 Å². The Bertz CT molecular complexity index is 1270. The van der Waals surface area contributed by atoms with Crippen molar-refractivity contribution in [2.24, 2.45) is 11.8 Å². The molecule has 2 aliphatic carbocycles. The third-order valence-corrected chi connectivity index (χ3v) is 6.68. The first-order valence-corrected chi connectivity index (χ1v) is 10.5. The molecule has 3 N–H and O–H groups in total. The molecule has 152 valence electrons. The molecule has 2 aromatic carbocycles. The van der Waals surface area contributed by atoms with Gasteiger partial charge < -0.3 is 20.1 Å². The Kier molecular flexibility index (Phi) is 3.99. The van der Waals surface area contributed by atoms with Crippen LogP contribution in [0.15, 0.2) is 48.8 Å². The minimum absolute atomic E-state index is 0.116. The minimum Gasteiger partial charge on any atom is -0.390 e. The Morgan fingerprint density at radius 2 is 1.87 bits per heavy atom. The Hall–Kier alpha value is -2.74. The standard InChI is InChI=1S/C22H20ClN5O2/c23-22-26-20(24-9-12-6-3-5-11-4-1-2-7-13(11)12)16-21(27-22)28(10-25-16)17-14-8-15(14)18(29)19(17)30/h1-7,10,14-15,17-19,29-30H,8-9H2,(H,24,26,27)/t14-,15+,17+,18+,19-/m0/s1. The lowest BCUT2D eigenvalue weighted by molar-refractivity contribution is 0.00386. The first-order chi connectivity index (χ1) is 14.6. The molecule has 30 heavy (non-hydrogen) atoms. The van der Waals surface area contributed by atoms with E-state index in [-0.39, 0.29) is 23.2 Å². The fraction of sp³-hybridized carbons (Fsp3) is 0.318. The Morgan fingerprint density at radius 1 is 1.03 bits per heavy atom. The van der Waals surface area contributed by atoms with Crippen LogP contribution in [0.4, 0.5) is 5.82 Å². The molecule has 0 saturated heterocycles. The molecule has 2 saturated carbocycles. The van der Waals surface area contributed by atoms with Crippen LogP contribution >= 0.6 is 11.6 Å². The first-order valence-electron chi connectivity index (χ1n) is 10.1. The number of fused-ring (bicyclic) bond motifs is 3. The second kappa shape index (κ2) is 6.63. The maximum atomic E-state index is 10.5. The van der Waals surface area contributed by atoms with Crippen LogP contribution in [-0.2, 0) is 6.54 Å². The van der Waals surface area contributed by atoms with Crippen molar-refractivity contribution in [3.8, 4) is 0 Å². The van der Waals surface area contributed by atoms with Gasteiger partial charge in [0.15, 0.2) is 17.0 Å². The van der Waals surface area contributed by atoms with E-state index in [1.807, 2.05) is 22.8 Å². The highest BCUT2D eigenvalue weighted by Crippen LogP contribution is 2.57.